The van der Waals surface area contributed by atoms with Gasteiger partial charge in [0.1, 0.15) is 20.2 Å². The Bertz CT molecular complexity index is 27.4. The summed E-state index contributed by atoms with van der Waals surface area (Å²) < 4.78 is 9.32. The lowest BCUT2D eigenvalue weighted by Crippen LogP contribution is -1.82. The number of hydrogen-bond acceptors (Lipinski definition) is 2. The molecule has 0 aromatic carbocycles. The van der Waals surface area contributed by atoms with E-state index in [0.717, 1.165) is 23.7 Å². The maximum Gasteiger partial charge on any atom is 0.142 e. The second-order valence-corrected chi connectivity index (χ2v) is 4.08. The van der Waals surface area contributed by atoms with Gasteiger partial charge in [0.15, 0.2) is 0 Å². The van der Waals surface area contributed by atoms with Crippen molar-refractivity contribution < 1.29 is 8.85 Å². The molecule has 0 atom stereocenters. The van der Waals surface area contributed by atoms with Crippen LogP contribution in [0.15, 0.2) is 0 Å². The molecule has 1 aliphatic heterocycles. The fourth-order valence-corrected chi connectivity index (χ4v) is 0. The first-order valence-corrected chi connectivity index (χ1v) is 5.29. The van der Waals surface area contributed by atoms with Gasteiger partial charge < -0.3 is 8.85 Å². The highest BCUT2D eigenvalue weighted by Crippen LogP contribution is 1.84. The lowest BCUT2D eigenvalue weighted by molar-refractivity contribution is 0.475. The molecule has 0 amide bonds. The van der Waals surface area contributed by atoms with Gasteiger partial charge in [0.2, 0.25) is 0 Å². The summed E-state index contributed by atoms with van der Waals surface area (Å²) in [6, 6.07) is 0. The highest BCUT2D eigenvalue weighted by molar-refractivity contribution is 6.32. The van der Waals surface area contributed by atoms with E-state index in [4.69, 9.17) is 4.12 Å². The van der Waals surface area contributed by atoms with Crippen LogP contribution in [0.2, 0.25) is 6.55 Å². The molecule has 1 fully saturated rings. The van der Waals surface area contributed by atoms with Crippen molar-refractivity contribution in [3.8, 4) is 0 Å². The topological polar surface area (TPSA) is 21.8 Å². The molecule has 0 spiro atoms. The summed E-state index contributed by atoms with van der Waals surface area (Å²) in [4.78, 5) is 0. The Morgan fingerprint density at radius 2 is 2.00 bits per heavy atom. The van der Waals surface area contributed by atoms with Gasteiger partial charge in [-0.3, -0.25) is 0 Å². The van der Waals surface area contributed by atoms with Gasteiger partial charge in [-0.1, -0.05) is 6.55 Å². The number of epoxide rings is 1. The van der Waals surface area contributed by atoms with Crippen LogP contribution in [0.4, 0.5) is 0 Å². The quantitative estimate of drug-likeness (QED) is 0.321. The van der Waals surface area contributed by atoms with E-state index >= 15 is 0 Å². The average molecular weight is 136 g/mol. The molecule has 1 aliphatic rings. The molecule has 0 bridgehead atoms. The first kappa shape index (κ1) is 7.35. The van der Waals surface area contributed by atoms with Crippen LogP contribution in [-0.4, -0.2) is 33.5 Å². The number of ether oxygens (including phenoxy) is 1. The molecular formula is C3H12O2Si2. The van der Waals surface area contributed by atoms with Gasteiger partial charge in [-0.2, -0.15) is 0 Å². The Labute approximate surface area is 49.7 Å². The SMILES string of the molecule is C1CO1.C[SiH2]O[SiH3]. The molecule has 4 heteroatoms. The Balaban J connectivity index is 0.000000105. The van der Waals surface area contributed by atoms with Crippen LogP contribution in [0, 0.1) is 0 Å². The van der Waals surface area contributed by atoms with Gasteiger partial charge in [0, 0.05) is 0 Å². The lowest BCUT2D eigenvalue weighted by Gasteiger charge is -1.76. The minimum Gasteiger partial charge on any atom is -0.468 e. The summed E-state index contributed by atoms with van der Waals surface area (Å²) in [5.41, 5.74) is 0. The molecule has 0 aromatic rings. The van der Waals surface area contributed by atoms with Crippen molar-refractivity contribution in [3.63, 3.8) is 0 Å². The monoisotopic (exact) mass is 136 g/mol. The predicted molar refractivity (Wildman–Crippen MR) is 36.3 cm³/mol. The number of hydrogen-bond donors (Lipinski definition) is 0. The van der Waals surface area contributed by atoms with Crippen molar-refractivity contribution in [2.75, 3.05) is 13.2 Å². The third-order valence-electron chi connectivity index (χ3n) is 0.493. The van der Waals surface area contributed by atoms with Crippen LogP contribution < -0.4 is 0 Å². The van der Waals surface area contributed by atoms with E-state index in [2.05, 4.69) is 11.3 Å². The average Bonchev–Trinajstić information content (AvgIpc) is 2.47. The zero-order valence-corrected chi connectivity index (χ0v) is 8.35. The molecule has 1 rings (SSSR count). The van der Waals surface area contributed by atoms with Crippen molar-refractivity contribution in [3.05, 3.63) is 0 Å². The summed E-state index contributed by atoms with van der Waals surface area (Å²) in [6.07, 6.45) is 0. The van der Waals surface area contributed by atoms with Crippen LogP contribution in [0.25, 0.3) is 0 Å². The van der Waals surface area contributed by atoms with Crippen LogP contribution in [0.5, 0.6) is 0 Å². The second-order valence-electron chi connectivity index (χ2n) is 1.19. The lowest BCUT2D eigenvalue weighted by atomic mass is 11.0. The van der Waals surface area contributed by atoms with Crippen LogP contribution >= 0.6 is 0 Å². The second kappa shape index (κ2) is 6.35. The summed E-state index contributed by atoms with van der Waals surface area (Å²) >= 11 is 0. The van der Waals surface area contributed by atoms with Crippen LogP contribution in [-0.2, 0) is 8.85 Å². The first-order chi connectivity index (χ1) is 3.41. The Hall–Kier alpha value is 0.354. The largest absolute Gasteiger partial charge is 0.468 e. The van der Waals surface area contributed by atoms with E-state index < -0.39 is 0 Å². The Morgan fingerprint density at radius 3 is 2.00 bits per heavy atom. The van der Waals surface area contributed by atoms with Gasteiger partial charge in [0.25, 0.3) is 0 Å². The standard InChI is InChI=1S/C2H4O.CH8OSi2/c1-2-3-1;1-4-2-3/h1-2H2;4H2,1,3H3. The van der Waals surface area contributed by atoms with Crippen molar-refractivity contribution in [2.45, 2.75) is 6.55 Å². The molecule has 7 heavy (non-hydrogen) atoms. The van der Waals surface area contributed by atoms with Crippen molar-refractivity contribution in [1.29, 1.82) is 0 Å². The molecule has 0 unspecified atom stereocenters. The van der Waals surface area contributed by atoms with E-state index in [1.54, 1.807) is 0 Å². The van der Waals surface area contributed by atoms with Gasteiger partial charge in [-0.25, -0.2) is 0 Å². The molecule has 0 aromatic heterocycles. The number of rotatable bonds is 1. The van der Waals surface area contributed by atoms with E-state index in [-0.39, 0.29) is 9.76 Å². The third kappa shape index (κ3) is 21.7. The normalized spacial score (nSPS) is 16.7. The van der Waals surface area contributed by atoms with E-state index in [9.17, 15) is 0 Å². The Morgan fingerprint density at radius 1 is 1.71 bits per heavy atom. The highest BCUT2D eigenvalue weighted by Gasteiger charge is 1.94. The van der Waals surface area contributed by atoms with E-state index in [1.165, 1.54) is 0 Å². The Kier molecular flexibility index (Phi) is 6.67. The van der Waals surface area contributed by atoms with Gasteiger partial charge in [-0.15, -0.1) is 0 Å². The molecule has 1 heterocycles. The van der Waals surface area contributed by atoms with Crippen molar-refractivity contribution in [2.24, 2.45) is 0 Å². The van der Waals surface area contributed by atoms with Crippen molar-refractivity contribution in [1.82, 2.24) is 0 Å². The maximum atomic E-state index is 4.82. The maximum absolute atomic E-state index is 4.82. The summed E-state index contributed by atoms with van der Waals surface area (Å²) in [6.45, 7) is 4.13. The zero-order chi connectivity index (χ0) is 5.54. The zero-order valence-electron chi connectivity index (χ0n) is 4.94. The molecule has 2 nitrogen and oxygen atoms in total. The van der Waals surface area contributed by atoms with Gasteiger partial charge in [0.05, 0.1) is 13.2 Å². The fourth-order valence-electron chi connectivity index (χ4n) is 0. The molecule has 0 radical (unpaired) electrons. The first-order valence-electron chi connectivity index (χ1n) is 2.48. The molecule has 0 saturated carbocycles. The van der Waals surface area contributed by atoms with E-state index in [1.807, 2.05) is 0 Å². The fraction of sp³-hybridized carbons (Fsp3) is 1.00. The van der Waals surface area contributed by atoms with Crippen LogP contribution in [0.1, 0.15) is 0 Å². The van der Waals surface area contributed by atoms with Gasteiger partial charge >= 0.3 is 0 Å². The van der Waals surface area contributed by atoms with Crippen molar-refractivity contribution >= 4 is 20.2 Å². The summed E-state index contributed by atoms with van der Waals surface area (Å²) in [5.74, 6) is 0. The smallest absolute Gasteiger partial charge is 0.142 e. The van der Waals surface area contributed by atoms with E-state index in [0.29, 0.717) is 0 Å². The van der Waals surface area contributed by atoms with Crippen LogP contribution in [0.3, 0.4) is 0 Å². The van der Waals surface area contributed by atoms with Gasteiger partial charge in [-0.05, 0) is 0 Å². The highest BCUT2D eigenvalue weighted by atomic mass is 28.3. The minimum atomic E-state index is -0.0139. The third-order valence-corrected chi connectivity index (χ3v) is 2.80. The molecular weight excluding hydrogens is 124 g/mol. The molecule has 1 saturated heterocycles. The summed E-state index contributed by atoms with van der Waals surface area (Å²) in [5, 5.41) is 0. The molecule has 44 valence electrons. The minimum absolute atomic E-state index is 0.0139. The summed E-state index contributed by atoms with van der Waals surface area (Å²) in [7, 11) is 0.938. The predicted octanol–water partition coefficient (Wildman–Crippen LogP) is -1.57. The molecule has 0 aliphatic carbocycles. The molecule has 0 N–H and O–H groups in total.